The van der Waals surface area contributed by atoms with Crippen LogP contribution in [-0.2, 0) is 22.7 Å². The summed E-state index contributed by atoms with van der Waals surface area (Å²) >= 11 is 0. The number of anilines is 1. The number of benzene rings is 2. The van der Waals surface area contributed by atoms with Crippen molar-refractivity contribution in [1.29, 1.82) is 0 Å². The van der Waals surface area contributed by atoms with E-state index in [1.807, 2.05) is 25.1 Å². The van der Waals surface area contributed by atoms with E-state index in [4.69, 9.17) is 18.6 Å². The Bertz CT molecular complexity index is 939. The maximum absolute atomic E-state index is 12.9. The van der Waals surface area contributed by atoms with Crippen LogP contribution in [0, 0.1) is 5.82 Å². The SMILES string of the molecule is CCOCCOCc1cccc(NC(=O)c2ccc(COc3ccc(F)cc3)o2)c1. The van der Waals surface area contributed by atoms with Gasteiger partial charge in [-0.05, 0) is 61.0 Å². The average molecular weight is 413 g/mol. The van der Waals surface area contributed by atoms with Crippen molar-refractivity contribution in [3.8, 4) is 5.75 Å². The fourth-order valence-corrected chi connectivity index (χ4v) is 2.65. The van der Waals surface area contributed by atoms with Gasteiger partial charge in [0.05, 0.1) is 19.8 Å². The first kappa shape index (κ1) is 21.5. The summed E-state index contributed by atoms with van der Waals surface area (Å²) in [6.45, 7) is 4.23. The largest absolute Gasteiger partial charge is 0.486 e. The van der Waals surface area contributed by atoms with E-state index in [-0.39, 0.29) is 24.1 Å². The Labute approximate surface area is 174 Å². The van der Waals surface area contributed by atoms with Crippen molar-refractivity contribution in [2.45, 2.75) is 20.1 Å². The molecular formula is C23H24FNO5. The number of hydrogen-bond donors (Lipinski definition) is 1. The monoisotopic (exact) mass is 413 g/mol. The standard InChI is InChI=1S/C23H24FNO5/c1-2-27-12-13-28-15-17-4-3-5-19(14-17)25-23(26)22-11-10-21(30-22)16-29-20-8-6-18(24)7-9-20/h3-11,14H,2,12-13,15-16H2,1H3,(H,25,26). The first-order valence-electron chi connectivity index (χ1n) is 9.67. The summed E-state index contributed by atoms with van der Waals surface area (Å²) < 4.78 is 34.8. The van der Waals surface area contributed by atoms with Crippen molar-refractivity contribution in [3.63, 3.8) is 0 Å². The number of carbonyl (C=O) groups is 1. The Morgan fingerprint density at radius 3 is 2.60 bits per heavy atom. The van der Waals surface area contributed by atoms with E-state index >= 15 is 0 Å². The van der Waals surface area contributed by atoms with Crippen LogP contribution in [0.1, 0.15) is 28.8 Å². The van der Waals surface area contributed by atoms with Gasteiger partial charge in [0, 0.05) is 12.3 Å². The molecule has 30 heavy (non-hydrogen) atoms. The van der Waals surface area contributed by atoms with Gasteiger partial charge in [-0.25, -0.2) is 4.39 Å². The van der Waals surface area contributed by atoms with E-state index in [0.717, 1.165) is 5.56 Å². The molecule has 2 aromatic carbocycles. The van der Waals surface area contributed by atoms with Crippen LogP contribution >= 0.6 is 0 Å². The fourth-order valence-electron chi connectivity index (χ4n) is 2.65. The Morgan fingerprint density at radius 1 is 1.00 bits per heavy atom. The smallest absolute Gasteiger partial charge is 0.291 e. The molecule has 1 amide bonds. The summed E-state index contributed by atoms with van der Waals surface area (Å²) in [6.07, 6.45) is 0. The quantitative estimate of drug-likeness (QED) is 0.457. The Hall–Kier alpha value is -3.16. The highest BCUT2D eigenvalue weighted by molar-refractivity contribution is 6.02. The summed E-state index contributed by atoms with van der Waals surface area (Å²) in [5, 5.41) is 2.81. The van der Waals surface area contributed by atoms with Crippen molar-refractivity contribution in [3.05, 3.63) is 83.6 Å². The number of carbonyl (C=O) groups excluding carboxylic acids is 1. The summed E-state index contributed by atoms with van der Waals surface area (Å²) in [5.41, 5.74) is 1.59. The highest BCUT2D eigenvalue weighted by Gasteiger charge is 2.12. The molecule has 3 aromatic rings. The second-order valence-electron chi connectivity index (χ2n) is 6.41. The first-order valence-corrected chi connectivity index (χ1v) is 9.67. The summed E-state index contributed by atoms with van der Waals surface area (Å²) in [7, 11) is 0. The zero-order valence-corrected chi connectivity index (χ0v) is 16.7. The molecule has 0 aliphatic heterocycles. The highest BCUT2D eigenvalue weighted by atomic mass is 19.1. The van der Waals surface area contributed by atoms with E-state index in [1.165, 1.54) is 24.3 Å². The van der Waals surface area contributed by atoms with Crippen molar-refractivity contribution in [2.75, 3.05) is 25.1 Å². The van der Waals surface area contributed by atoms with Gasteiger partial charge in [0.25, 0.3) is 5.91 Å². The lowest BCUT2D eigenvalue weighted by Crippen LogP contribution is -2.11. The van der Waals surface area contributed by atoms with Crippen molar-refractivity contribution in [1.82, 2.24) is 0 Å². The second-order valence-corrected chi connectivity index (χ2v) is 6.41. The van der Waals surface area contributed by atoms with Crippen molar-refractivity contribution >= 4 is 11.6 Å². The molecule has 3 rings (SSSR count). The van der Waals surface area contributed by atoms with Gasteiger partial charge in [-0.1, -0.05) is 12.1 Å². The highest BCUT2D eigenvalue weighted by Crippen LogP contribution is 2.17. The third-order valence-corrected chi connectivity index (χ3v) is 4.11. The van der Waals surface area contributed by atoms with Crippen LogP contribution in [-0.4, -0.2) is 25.7 Å². The molecule has 7 heteroatoms. The molecule has 0 unspecified atom stereocenters. The minimum Gasteiger partial charge on any atom is -0.486 e. The van der Waals surface area contributed by atoms with Gasteiger partial charge in [-0.15, -0.1) is 0 Å². The molecule has 0 atom stereocenters. The number of hydrogen-bond acceptors (Lipinski definition) is 5. The maximum atomic E-state index is 12.9. The Kier molecular flexibility index (Phi) is 8.00. The molecule has 0 bridgehead atoms. The van der Waals surface area contributed by atoms with Crippen molar-refractivity contribution in [2.24, 2.45) is 0 Å². The minimum atomic E-state index is -0.363. The van der Waals surface area contributed by atoms with Crippen LogP contribution in [0.2, 0.25) is 0 Å². The molecule has 0 saturated carbocycles. The summed E-state index contributed by atoms with van der Waals surface area (Å²) in [5.74, 6) is 0.476. The predicted molar refractivity (Wildman–Crippen MR) is 110 cm³/mol. The molecule has 1 N–H and O–H groups in total. The predicted octanol–water partition coefficient (Wildman–Crippen LogP) is 4.80. The molecule has 0 saturated heterocycles. The Balaban J connectivity index is 1.50. The molecule has 0 spiro atoms. The molecule has 1 heterocycles. The molecule has 6 nitrogen and oxygen atoms in total. The van der Waals surface area contributed by atoms with Gasteiger partial charge in [0.1, 0.15) is 23.9 Å². The lowest BCUT2D eigenvalue weighted by molar-refractivity contribution is 0.0453. The van der Waals surface area contributed by atoms with E-state index in [2.05, 4.69) is 5.32 Å². The lowest BCUT2D eigenvalue weighted by atomic mass is 10.2. The fraction of sp³-hybridized carbons (Fsp3) is 0.261. The van der Waals surface area contributed by atoms with Crippen LogP contribution in [0.3, 0.4) is 0 Å². The molecular weight excluding hydrogens is 389 g/mol. The third kappa shape index (κ3) is 6.72. The van der Waals surface area contributed by atoms with Crippen LogP contribution in [0.5, 0.6) is 5.75 Å². The molecule has 1 aromatic heterocycles. The second kappa shape index (κ2) is 11.1. The number of amides is 1. The normalized spacial score (nSPS) is 10.7. The minimum absolute atomic E-state index is 0.132. The van der Waals surface area contributed by atoms with Gasteiger partial charge >= 0.3 is 0 Å². The number of furan rings is 1. The van der Waals surface area contributed by atoms with Crippen LogP contribution < -0.4 is 10.1 Å². The summed E-state index contributed by atoms with van der Waals surface area (Å²) in [6, 6.07) is 16.3. The van der Waals surface area contributed by atoms with E-state index in [9.17, 15) is 9.18 Å². The molecule has 158 valence electrons. The van der Waals surface area contributed by atoms with E-state index in [1.54, 1.807) is 18.2 Å². The van der Waals surface area contributed by atoms with Gasteiger partial charge in [-0.2, -0.15) is 0 Å². The van der Waals surface area contributed by atoms with Gasteiger partial charge in [0.15, 0.2) is 5.76 Å². The average Bonchev–Trinajstić information content (AvgIpc) is 3.23. The number of ether oxygens (including phenoxy) is 3. The Morgan fingerprint density at radius 2 is 1.80 bits per heavy atom. The molecule has 0 aliphatic carbocycles. The molecule has 0 aliphatic rings. The molecule has 0 radical (unpaired) electrons. The van der Waals surface area contributed by atoms with Crippen LogP contribution in [0.25, 0.3) is 0 Å². The van der Waals surface area contributed by atoms with E-state index in [0.29, 0.717) is 43.6 Å². The maximum Gasteiger partial charge on any atom is 0.291 e. The lowest BCUT2D eigenvalue weighted by Gasteiger charge is -2.08. The number of halogens is 1. The zero-order chi connectivity index (χ0) is 21.2. The van der Waals surface area contributed by atoms with Crippen molar-refractivity contribution < 1.29 is 27.8 Å². The number of nitrogens with one attached hydrogen (secondary N) is 1. The van der Waals surface area contributed by atoms with Gasteiger partial charge in [0.2, 0.25) is 0 Å². The van der Waals surface area contributed by atoms with Gasteiger partial charge < -0.3 is 23.9 Å². The first-order chi connectivity index (χ1) is 14.6. The number of rotatable bonds is 11. The topological polar surface area (TPSA) is 69.9 Å². The zero-order valence-electron chi connectivity index (χ0n) is 16.7. The summed E-state index contributed by atoms with van der Waals surface area (Å²) in [4.78, 5) is 12.4. The van der Waals surface area contributed by atoms with Crippen LogP contribution in [0.15, 0.2) is 65.1 Å². The van der Waals surface area contributed by atoms with Crippen LogP contribution in [0.4, 0.5) is 10.1 Å². The van der Waals surface area contributed by atoms with Gasteiger partial charge in [-0.3, -0.25) is 4.79 Å². The van der Waals surface area contributed by atoms with E-state index < -0.39 is 0 Å². The molecule has 0 fully saturated rings. The third-order valence-electron chi connectivity index (χ3n) is 4.11.